The molecular formula is C10H9FN2. The van der Waals surface area contributed by atoms with E-state index in [1.807, 2.05) is 6.07 Å². The molecule has 2 rings (SSSR count). The van der Waals surface area contributed by atoms with Crippen molar-refractivity contribution in [2.24, 2.45) is 0 Å². The van der Waals surface area contributed by atoms with Crippen LogP contribution in [0.2, 0.25) is 0 Å². The third kappa shape index (κ3) is 1.22. The number of hydrogen-bond donors (Lipinski definition) is 1. The third-order valence-electron chi connectivity index (χ3n) is 2.10. The van der Waals surface area contributed by atoms with Gasteiger partial charge in [0.15, 0.2) is 0 Å². The van der Waals surface area contributed by atoms with Crippen molar-refractivity contribution in [1.82, 2.24) is 4.98 Å². The van der Waals surface area contributed by atoms with E-state index in [0.29, 0.717) is 11.3 Å². The number of benzene rings is 1. The maximum absolute atomic E-state index is 12.4. The first-order valence-electron chi connectivity index (χ1n) is 4.00. The molecule has 0 amide bonds. The zero-order chi connectivity index (χ0) is 9.26. The fourth-order valence-corrected chi connectivity index (χ4v) is 1.35. The quantitative estimate of drug-likeness (QED) is 0.677. The number of aromatic nitrogens is 1. The second-order valence-corrected chi connectivity index (χ2v) is 2.87. The van der Waals surface area contributed by atoms with Gasteiger partial charge < -0.3 is 5.73 Å². The fraction of sp³-hybridized carbons (Fsp3) is 0.100. The van der Waals surface area contributed by atoms with Gasteiger partial charge in [-0.1, -0.05) is 12.1 Å². The number of rotatable bonds is 1. The number of nitrogen functional groups attached to an aromatic ring is 1. The summed E-state index contributed by atoms with van der Waals surface area (Å²) in [7, 11) is 0. The smallest absolute Gasteiger partial charge is 0.117 e. The second kappa shape index (κ2) is 3.01. The van der Waals surface area contributed by atoms with Gasteiger partial charge in [-0.2, -0.15) is 0 Å². The zero-order valence-electron chi connectivity index (χ0n) is 7.00. The molecule has 3 heteroatoms. The van der Waals surface area contributed by atoms with Crippen LogP contribution < -0.4 is 5.73 Å². The van der Waals surface area contributed by atoms with E-state index in [4.69, 9.17) is 5.73 Å². The number of halogens is 1. The molecule has 0 bridgehead atoms. The number of nitrogens with two attached hydrogens (primary N) is 1. The average molecular weight is 176 g/mol. The summed E-state index contributed by atoms with van der Waals surface area (Å²) in [6.45, 7) is -0.524. The SMILES string of the molecule is Nc1c(CF)ccc2cnccc12. The first-order valence-corrected chi connectivity index (χ1v) is 4.00. The highest BCUT2D eigenvalue weighted by Crippen LogP contribution is 2.24. The number of alkyl halides is 1. The highest BCUT2D eigenvalue weighted by Gasteiger charge is 2.02. The molecule has 0 saturated heterocycles. The van der Waals surface area contributed by atoms with Gasteiger partial charge in [-0.25, -0.2) is 4.39 Å². The van der Waals surface area contributed by atoms with Crippen molar-refractivity contribution in [3.8, 4) is 0 Å². The number of fused-ring (bicyclic) bond motifs is 1. The Bertz CT molecular complexity index is 440. The van der Waals surface area contributed by atoms with E-state index in [0.717, 1.165) is 10.8 Å². The van der Waals surface area contributed by atoms with Crippen LogP contribution >= 0.6 is 0 Å². The Morgan fingerprint density at radius 1 is 1.31 bits per heavy atom. The third-order valence-corrected chi connectivity index (χ3v) is 2.10. The number of hydrogen-bond acceptors (Lipinski definition) is 2. The predicted octanol–water partition coefficient (Wildman–Crippen LogP) is 2.29. The first kappa shape index (κ1) is 7.98. The van der Waals surface area contributed by atoms with Gasteiger partial charge in [-0.3, -0.25) is 4.98 Å². The molecule has 0 aliphatic heterocycles. The van der Waals surface area contributed by atoms with Gasteiger partial charge in [0.1, 0.15) is 6.67 Å². The van der Waals surface area contributed by atoms with E-state index in [-0.39, 0.29) is 0 Å². The zero-order valence-corrected chi connectivity index (χ0v) is 7.00. The second-order valence-electron chi connectivity index (χ2n) is 2.87. The van der Waals surface area contributed by atoms with Crippen LogP contribution in [0, 0.1) is 0 Å². The Morgan fingerprint density at radius 3 is 2.92 bits per heavy atom. The van der Waals surface area contributed by atoms with E-state index < -0.39 is 6.67 Å². The molecule has 1 heterocycles. The lowest BCUT2D eigenvalue weighted by Gasteiger charge is -2.04. The lowest BCUT2D eigenvalue weighted by Crippen LogP contribution is -1.93. The number of pyridine rings is 1. The summed E-state index contributed by atoms with van der Waals surface area (Å²) in [5.41, 5.74) is 6.82. The molecule has 0 radical (unpaired) electrons. The van der Waals surface area contributed by atoms with Crippen LogP contribution in [-0.2, 0) is 6.67 Å². The van der Waals surface area contributed by atoms with Crippen molar-refractivity contribution in [2.45, 2.75) is 6.67 Å². The van der Waals surface area contributed by atoms with Crippen molar-refractivity contribution >= 4 is 16.5 Å². The summed E-state index contributed by atoms with van der Waals surface area (Å²) >= 11 is 0. The maximum atomic E-state index is 12.4. The standard InChI is InChI=1S/C10H9FN2/c11-5-7-1-2-8-6-13-4-3-9(8)10(7)12/h1-4,6H,5,12H2. The summed E-state index contributed by atoms with van der Waals surface area (Å²) in [4.78, 5) is 3.96. The van der Waals surface area contributed by atoms with E-state index in [1.54, 1.807) is 24.5 Å². The molecule has 0 saturated carbocycles. The minimum Gasteiger partial charge on any atom is -0.398 e. The van der Waals surface area contributed by atoms with Gasteiger partial charge in [-0.05, 0) is 6.07 Å². The van der Waals surface area contributed by atoms with Crippen LogP contribution in [-0.4, -0.2) is 4.98 Å². The number of nitrogens with zero attached hydrogens (tertiary/aromatic N) is 1. The minimum absolute atomic E-state index is 0.516. The summed E-state index contributed by atoms with van der Waals surface area (Å²) in [5, 5.41) is 1.81. The molecule has 66 valence electrons. The van der Waals surface area contributed by atoms with E-state index in [9.17, 15) is 4.39 Å². The molecule has 2 N–H and O–H groups in total. The van der Waals surface area contributed by atoms with Gasteiger partial charge in [0.25, 0.3) is 0 Å². The highest BCUT2D eigenvalue weighted by molar-refractivity contribution is 5.93. The van der Waals surface area contributed by atoms with Gasteiger partial charge in [-0.15, -0.1) is 0 Å². The van der Waals surface area contributed by atoms with E-state index in [2.05, 4.69) is 4.98 Å². The van der Waals surface area contributed by atoms with Crippen LogP contribution in [0.15, 0.2) is 30.6 Å². The molecule has 1 aromatic heterocycles. The molecular weight excluding hydrogens is 167 g/mol. The Hall–Kier alpha value is -1.64. The molecule has 0 atom stereocenters. The number of anilines is 1. The first-order chi connectivity index (χ1) is 6.33. The van der Waals surface area contributed by atoms with E-state index in [1.165, 1.54) is 0 Å². The van der Waals surface area contributed by atoms with E-state index >= 15 is 0 Å². The van der Waals surface area contributed by atoms with Gasteiger partial charge in [0.05, 0.1) is 0 Å². The lowest BCUT2D eigenvalue weighted by atomic mass is 10.1. The van der Waals surface area contributed by atoms with Crippen LogP contribution in [0.1, 0.15) is 5.56 Å². The minimum atomic E-state index is -0.524. The molecule has 0 aliphatic rings. The fourth-order valence-electron chi connectivity index (χ4n) is 1.35. The molecule has 2 aromatic rings. The summed E-state index contributed by atoms with van der Waals surface area (Å²) < 4.78 is 12.4. The summed E-state index contributed by atoms with van der Waals surface area (Å²) in [6, 6.07) is 5.32. The Kier molecular flexibility index (Phi) is 1.85. The molecule has 0 aliphatic carbocycles. The lowest BCUT2D eigenvalue weighted by molar-refractivity contribution is 0.486. The largest absolute Gasteiger partial charge is 0.398 e. The monoisotopic (exact) mass is 176 g/mol. The molecule has 2 nitrogen and oxygen atoms in total. The van der Waals surface area contributed by atoms with Crippen LogP contribution in [0.5, 0.6) is 0 Å². The van der Waals surface area contributed by atoms with Crippen molar-refractivity contribution < 1.29 is 4.39 Å². The normalized spacial score (nSPS) is 10.5. The van der Waals surface area contributed by atoms with Crippen LogP contribution in [0.4, 0.5) is 10.1 Å². The molecule has 13 heavy (non-hydrogen) atoms. The van der Waals surface area contributed by atoms with Crippen molar-refractivity contribution in [2.75, 3.05) is 5.73 Å². The Labute approximate surface area is 75.2 Å². The molecule has 1 aromatic carbocycles. The average Bonchev–Trinajstić information content (AvgIpc) is 2.19. The van der Waals surface area contributed by atoms with Crippen molar-refractivity contribution in [3.63, 3.8) is 0 Å². The summed E-state index contributed by atoms with van der Waals surface area (Å²) in [5.74, 6) is 0. The topological polar surface area (TPSA) is 38.9 Å². The van der Waals surface area contributed by atoms with Gasteiger partial charge in [0.2, 0.25) is 0 Å². The molecule has 0 spiro atoms. The Morgan fingerprint density at radius 2 is 2.15 bits per heavy atom. The highest BCUT2D eigenvalue weighted by atomic mass is 19.1. The van der Waals surface area contributed by atoms with Crippen molar-refractivity contribution in [1.29, 1.82) is 0 Å². The van der Waals surface area contributed by atoms with Gasteiger partial charge in [0, 0.05) is 34.4 Å². The summed E-state index contributed by atoms with van der Waals surface area (Å²) in [6.07, 6.45) is 3.37. The van der Waals surface area contributed by atoms with Crippen molar-refractivity contribution in [3.05, 3.63) is 36.2 Å². The predicted molar refractivity (Wildman–Crippen MR) is 51.0 cm³/mol. The van der Waals surface area contributed by atoms with Crippen LogP contribution in [0.3, 0.4) is 0 Å². The van der Waals surface area contributed by atoms with Crippen LogP contribution in [0.25, 0.3) is 10.8 Å². The maximum Gasteiger partial charge on any atom is 0.117 e. The Balaban J connectivity index is 2.79. The van der Waals surface area contributed by atoms with Gasteiger partial charge >= 0.3 is 0 Å². The molecule has 0 unspecified atom stereocenters. The molecule has 0 fully saturated rings.